The summed E-state index contributed by atoms with van der Waals surface area (Å²) in [6, 6.07) is 14.2. The molecule has 0 atom stereocenters. The van der Waals surface area contributed by atoms with E-state index in [4.69, 9.17) is 4.84 Å². The molecule has 2 aromatic carbocycles. The van der Waals surface area contributed by atoms with E-state index in [1.807, 2.05) is 35.0 Å². The fourth-order valence-electron chi connectivity index (χ4n) is 5.33. The zero-order valence-electron chi connectivity index (χ0n) is 20.3. The number of ketones is 1. The van der Waals surface area contributed by atoms with E-state index in [1.54, 1.807) is 0 Å². The minimum Gasteiger partial charge on any atom is -0.341 e. The third-order valence-electron chi connectivity index (χ3n) is 7.11. The SMILES string of the molecule is CCn1c2ccc(C(=O)c3ccsc3)cc2c2cc(/C(CCC3CCCC3)=N/OC(C)=O)ccc21. The van der Waals surface area contributed by atoms with Crippen LogP contribution >= 0.6 is 11.3 Å². The van der Waals surface area contributed by atoms with Gasteiger partial charge in [-0.15, -0.1) is 0 Å². The van der Waals surface area contributed by atoms with E-state index in [-0.39, 0.29) is 5.78 Å². The van der Waals surface area contributed by atoms with Gasteiger partial charge in [0, 0.05) is 57.3 Å². The predicted octanol–water partition coefficient (Wildman–Crippen LogP) is 7.34. The lowest BCUT2D eigenvalue weighted by molar-refractivity contribution is -0.140. The fraction of sp³-hybridized carbons (Fsp3) is 0.345. The summed E-state index contributed by atoms with van der Waals surface area (Å²) in [5.41, 5.74) is 5.39. The van der Waals surface area contributed by atoms with Crippen molar-refractivity contribution in [1.29, 1.82) is 0 Å². The van der Waals surface area contributed by atoms with Gasteiger partial charge in [-0.1, -0.05) is 36.9 Å². The first-order valence-corrected chi connectivity index (χ1v) is 13.4. The van der Waals surface area contributed by atoms with Gasteiger partial charge in [0.25, 0.3) is 0 Å². The first kappa shape index (κ1) is 23.5. The number of rotatable bonds is 8. The lowest BCUT2D eigenvalue weighted by Crippen LogP contribution is -2.07. The number of hydrogen-bond acceptors (Lipinski definition) is 5. The Morgan fingerprint density at radius 1 is 1.00 bits per heavy atom. The quantitative estimate of drug-likeness (QED) is 0.113. The maximum atomic E-state index is 13.0. The van der Waals surface area contributed by atoms with E-state index >= 15 is 0 Å². The predicted molar refractivity (Wildman–Crippen MR) is 142 cm³/mol. The summed E-state index contributed by atoms with van der Waals surface area (Å²) in [5, 5.41) is 10.2. The van der Waals surface area contributed by atoms with Gasteiger partial charge in [-0.25, -0.2) is 4.79 Å². The van der Waals surface area contributed by atoms with Crippen LogP contribution in [0.25, 0.3) is 21.8 Å². The number of aryl methyl sites for hydroxylation is 1. The minimum atomic E-state index is -0.413. The molecule has 0 saturated heterocycles. The van der Waals surface area contributed by atoms with Gasteiger partial charge in [0.1, 0.15) is 0 Å². The number of carbonyl (C=O) groups is 2. The van der Waals surface area contributed by atoms with Gasteiger partial charge in [0.15, 0.2) is 5.78 Å². The highest BCUT2D eigenvalue weighted by molar-refractivity contribution is 7.08. The molecule has 0 bridgehead atoms. The zero-order chi connectivity index (χ0) is 24.4. The van der Waals surface area contributed by atoms with E-state index < -0.39 is 5.97 Å². The number of carbonyl (C=O) groups excluding carboxylic acids is 2. The highest BCUT2D eigenvalue weighted by Gasteiger charge is 2.19. The number of nitrogens with zero attached hydrogens (tertiary/aromatic N) is 2. The van der Waals surface area contributed by atoms with Crippen LogP contribution in [-0.2, 0) is 16.2 Å². The van der Waals surface area contributed by atoms with Crippen molar-refractivity contribution in [3.05, 3.63) is 69.9 Å². The second kappa shape index (κ2) is 10.2. The molecule has 1 aliphatic rings. The van der Waals surface area contributed by atoms with Crippen molar-refractivity contribution in [2.75, 3.05) is 0 Å². The smallest absolute Gasteiger partial charge is 0.331 e. The Bertz CT molecular complexity index is 1410. The van der Waals surface area contributed by atoms with E-state index in [1.165, 1.54) is 43.9 Å². The average molecular weight is 487 g/mol. The Morgan fingerprint density at radius 3 is 2.31 bits per heavy atom. The molecule has 1 fully saturated rings. The molecule has 0 amide bonds. The third kappa shape index (κ3) is 4.80. The van der Waals surface area contributed by atoms with Crippen LogP contribution in [-0.4, -0.2) is 22.0 Å². The molecule has 6 heteroatoms. The van der Waals surface area contributed by atoms with Gasteiger partial charge >= 0.3 is 5.97 Å². The molecule has 2 heterocycles. The Kier molecular flexibility index (Phi) is 6.82. The van der Waals surface area contributed by atoms with Crippen LogP contribution in [0.5, 0.6) is 0 Å². The van der Waals surface area contributed by atoms with Crippen molar-refractivity contribution < 1.29 is 14.4 Å². The van der Waals surface area contributed by atoms with Crippen LogP contribution in [0.1, 0.15) is 73.9 Å². The Balaban J connectivity index is 1.58. The summed E-state index contributed by atoms with van der Waals surface area (Å²) < 4.78 is 2.27. The van der Waals surface area contributed by atoms with Gasteiger partial charge in [-0.05, 0) is 67.5 Å². The number of oxime groups is 1. The number of fused-ring (bicyclic) bond motifs is 3. The topological polar surface area (TPSA) is 60.7 Å². The molecule has 0 aliphatic heterocycles. The summed E-state index contributed by atoms with van der Waals surface area (Å²) in [7, 11) is 0. The monoisotopic (exact) mass is 486 g/mol. The van der Waals surface area contributed by atoms with Gasteiger partial charge in [0.2, 0.25) is 0 Å². The molecular weight excluding hydrogens is 456 g/mol. The van der Waals surface area contributed by atoms with E-state index in [9.17, 15) is 9.59 Å². The first-order chi connectivity index (χ1) is 17.0. The van der Waals surface area contributed by atoms with Gasteiger partial charge in [0.05, 0.1) is 5.71 Å². The molecule has 180 valence electrons. The van der Waals surface area contributed by atoms with E-state index in [2.05, 4.69) is 34.8 Å². The van der Waals surface area contributed by atoms with Crippen molar-refractivity contribution in [3.8, 4) is 0 Å². The van der Waals surface area contributed by atoms with Gasteiger partial charge in [-0.3, -0.25) is 4.79 Å². The van der Waals surface area contributed by atoms with Crippen LogP contribution in [0, 0.1) is 5.92 Å². The normalized spacial score (nSPS) is 14.7. The van der Waals surface area contributed by atoms with Crippen molar-refractivity contribution in [2.24, 2.45) is 11.1 Å². The number of aromatic nitrogens is 1. The van der Waals surface area contributed by atoms with E-state index in [0.29, 0.717) is 11.5 Å². The second-order valence-electron chi connectivity index (χ2n) is 9.36. The van der Waals surface area contributed by atoms with Gasteiger partial charge < -0.3 is 9.40 Å². The molecule has 5 rings (SSSR count). The standard InChI is InChI=1S/C29H30N2O3S/c1-3-31-27-12-9-21(26(30-34-19(2)32)11-8-20-6-4-5-7-20)16-24(27)25-17-22(10-13-28(25)31)29(33)23-14-15-35-18-23/h9-10,12-18,20H,3-8,11H2,1-2H3/b30-26+. The third-order valence-corrected chi connectivity index (χ3v) is 7.79. The van der Waals surface area contributed by atoms with E-state index in [0.717, 1.165) is 58.0 Å². The zero-order valence-corrected chi connectivity index (χ0v) is 21.1. The largest absolute Gasteiger partial charge is 0.341 e. The lowest BCUT2D eigenvalue weighted by atomic mass is 9.96. The summed E-state index contributed by atoms with van der Waals surface area (Å²) in [6.07, 6.45) is 6.97. The van der Waals surface area contributed by atoms with Crippen molar-refractivity contribution in [1.82, 2.24) is 4.57 Å². The molecular formula is C29H30N2O3S. The average Bonchev–Trinajstić information content (AvgIpc) is 3.63. The van der Waals surface area contributed by atoms with Crippen LogP contribution in [0.2, 0.25) is 0 Å². The molecule has 35 heavy (non-hydrogen) atoms. The molecule has 0 unspecified atom stereocenters. The molecule has 1 saturated carbocycles. The number of benzene rings is 2. The van der Waals surface area contributed by atoms with Crippen LogP contribution < -0.4 is 0 Å². The van der Waals surface area contributed by atoms with Crippen molar-refractivity contribution in [2.45, 2.75) is 58.9 Å². The highest BCUT2D eigenvalue weighted by atomic mass is 32.1. The fourth-order valence-corrected chi connectivity index (χ4v) is 5.96. The van der Waals surface area contributed by atoms with Crippen molar-refractivity contribution in [3.63, 3.8) is 0 Å². The first-order valence-electron chi connectivity index (χ1n) is 12.4. The van der Waals surface area contributed by atoms with Crippen LogP contribution in [0.4, 0.5) is 0 Å². The molecule has 0 radical (unpaired) electrons. The van der Waals surface area contributed by atoms with Crippen LogP contribution in [0.15, 0.2) is 58.4 Å². The van der Waals surface area contributed by atoms with Crippen molar-refractivity contribution >= 4 is 50.6 Å². The van der Waals surface area contributed by atoms with Gasteiger partial charge in [-0.2, -0.15) is 11.3 Å². The Labute approximate surface area is 209 Å². The number of thiophene rings is 1. The molecule has 5 nitrogen and oxygen atoms in total. The maximum absolute atomic E-state index is 13.0. The molecule has 0 spiro atoms. The highest BCUT2D eigenvalue weighted by Crippen LogP contribution is 2.33. The van der Waals surface area contributed by atoms with Crippen LogP contribution in [0.3, 0.4) is 0 Å². The maximum Gasteiger partial charge on any atom is 0.331 e. The Hall–Kier alpha value is -3.25. The summed E-state index contributed by atoms with van der Waals surface area (Å²) in [6.45, 7) is 4.34. The molecule has 0 N–H and O–H groups in total. The second-order valence-corrected chi connectivity index (χ2v) is 10.1. The molecule has 1 aliphatic carbocycles. The number of hydrogen-bond donors (Lipinski definition) is 0. The molecule has 4 aromatic rings. The summed E-state index contributed by atoms with van der Waals surface area (Å²) >= 11 is 1.53. The minimum absolute atomic E-state index is 0.0374. The Morgan fingerprint density at radius 2 is 1.69 bits per heavy atom. The summed E-state index contributed by atoms with van der Waals surface area (Å²) in [5.74, 6) is 0.341. The molecule has 2 aromatic heterocycles. The lowest BCUT2D eigenvalue weighted by Gasteiger charge is -2.11. The summed E-state index contributed by atoms with van der Waals surface area (Å²) in [4.78, 5) is 29.6.